The van der Waals surface area contributed by atoms with Crippen LogP contribution in [-0.2, 0) is 4.79 Å². The van der Waals surface area contributed by atoms with E-state index in [1.807, 2.05) is 42.7 Å². The third kappa shape index (κ3) is 6.78. The predicted octanol–water partition coefficient (Wildman–Crippen LogP) is 4.79. The Balaban J connectivity index is 2.08. The number of benzene rings is 2. The minimum Gasteiger partial charge on any atom is -0.372 e. The fourth-order valence-corrected chi connectivity index (χ4v) is 3.90. The topological polar surface area (TPSA) is 61.4 Å². The van der Waals surface area contributed by atoms with Crippen LogP contribution in [0.25, 0.3) is 0 Å². The zero-order valence-electron chi connectivity index (χ0n) is 17.1. The molecule has 0 aliphatic carbocycles. The molecule has 2 aromatic carbocycles. The van der Waals surface area contributed by atoms with Crippen LogP contribution in [0.2, 0.25) is 0 Å². The summed E-state index contributed by atoms with van der Waals surface area (Å²) < 4.78 is 0.702. The van der Waals surface area contributed by atoms with Crippen LogP contribution in [0.5, 0.6) is 0 Å². The Morgan fingerprint density at radius 3 is 2.31 bits per heavy atom. The maximum atomic E-state index is 12.8. The molecule has 5 nitrogen and oxygen atoms in total. The number of hydrogen-bond acceptors (Lipinski definition) is 4. The van der Waals surface area contributed by atoms with E-state index in [2.05, 4.69) is 45.3 Å². The molecule has 0 aromatic heterocycles. The second-order valence-corrected chi connectivity index (χ2v) is 8.34. The zero-order chi connectivity index (χ0) is 21.2. The number of anilines is 2. The Kier molecular flexibility index (Phi) is 9.54. The Morgan fingerprint density at radius 2 is 1.72 bits per heavy atom. The summed E-state index contributed by atoms with van der Waals surface area (Å²) in [5, 5.41) is 5.81. The maximum absolute atomic E-state index is 12.8. The van der Waals surface area contributed by atoms with Crippen molar-refractivity contribution >= 4 is 50.9 Å². The van der Waals surface area contributed by atoms with Crippen molar-refractivity contribution in [3.05, 3.63) is 58.6 Å². The normalized spacial score (nSPS) is 11.6. The van der Waals surface area contributed by atoms with Gasteiger partial charge in [0.15, 0.2) is 0 Å². The molecule has 2 N–H and O–H groups in total. The second-order valence-electron chi connectivity index (χ2n) is 6.50. The molecule has 7 heteroatoms. The van der Waals surface area contributed by atoms with E-state index in [0.717, 1.165) is 30.2 Å². The van der Waals surface area contributed by atoms with Gasteiger partial charge in [-0.05, 0) is 84.6 Å². The lowest BCUT2D eigenvalue weighted by molar-refractivity contribution is -0.118. The van der Waals surface area contributed by atoms with Gasteiger partial charge in [0.25, 0.3) is 5.91 Å². The number of amides is 2. The number of carbonyl (C=O) groups is 2. The summed E-state index contributed by atoms with van der Waals surface area (Å²) in [6, 6.07) is 14.4. The first-order chi connectivity index (χ1) is 14.0. The molecule has 1 unspecified atom stereocenters. The number of hydrogen-bond donors (Lipinski definition) is 2. The van der Waals surface area contributed by atoms with E-state index in [0.29, 0.717) is 16.5 Å². The summed E-state index contributed by atoms with van der Waals surface area (Å²) in [4.78, 5) is 27.7. The quantitative estimate of drug-likeness (QED) is 0.516. The van der Waals surface area contributed by atoms with E-state index in [9.17, 15) is 9.59 Å². The van der Waals surface area contributed by atoms with Gasteiger partial charge in [-0.1, -0.05) is 12.1 Å². The van der Waals surface area contributed by atoms with Gasteiger partial charge in [0.2, 0.25) is 5.91 Å². The molecule has 2 aromatic rings. The number of nitrogens with one attached hydrogen (secondary N) is 2. The lowest BCUT2D eigenvalue weighted by Crippen LogP contribution is -2.44. The molecule has 2 amide bonds. The number of carbonyl (C=O) groups excluding carboxylic acids is 2. The third-order valence-electron chi connectivity index (χ3n) is 4.61. The number of nitrogens with zero attached hydrogens (tertiary/aromatic N) is 1. The van der Waals surface area contributed by atoms with Gasteiger partial charge in [-0.25, -0.2) is 0 Å². The average molecular weight is 478 g/mol. The van der Waals surface area contributed by atoms with Crippen molar-refractivity contribution in [1.29, 1.82) is 0 Å². The number of thioether (sulfide) groups is 1. The van der Waals surface area contributed by atoms with Crippen molar-refractivity contribution in [2.75, 3.05) is 35.3 Å². The Hall–Kier alpha value is -1.99. The number of rotatable bonds is 10. The minimum absolute atomic E-state index is 0.213. The maximum Gasteiger partial charge on any atom is 0.253 e. The van der Waals surface area contributed by atoms with E-state index in [1.165, 1.54) is 0 Å². The van der Waals surface area contributed by atoms with Crippen LogP contribution in [0.4, 0.5) is 11.4 Å². The van der Waals surface area contributed by atoms with E-state index >= 15 is 0 Å². The van der Waals surface area contributed by atoms with Crippen LogP contribution in [-0.4, -0.2) is 43.0 Å². The van der Waals surface area contributed by atoms with Crippen molar-refractivity contribution in [1.82, 2.24) is 5.32 Å². The predicted molar refractivity (Wildman–Crippen MR) is 127 cm³/mol. The molecule has 0 bridgehead atoms. The highest BCUT2D eigenvalue weighted by Crippen LogP contribution is 2.19. The molecular formula is C22H28BrN3O2S. The molecule has 0 aliphatic rings. The first-order valence-corrected chi connectivity index (χ1v) is 11.9. The van der Waals surface area contributed by atoms with E-state index in [1.54, 1.807) is 23.9 Å². The molecule has 29 heavy (non-hydrogen) atoms. The van der Waals surface area contributed by atoms with Gasteiger partial charge in [0.05, 0.1) is 5.56 Å². The smallest absolute Gasteiger partial charge is 0.253 e. The van der Waals surface area contributed by atoms with Crippen molar-refractivity contribution in [2.45, 2.75) is 26.3 Å². The molecule has 2 rings (SSSR count). The summed E-state index contributed by atoms with van der Waals surface area (Å²) in [5.41, 5.74) is 2.35. The molecule has 0 fully saturated rings. The van der Waals surface area contributed by atoms with E-state index in [4.69, 9.17) is 0 Å². The molecule has 0 saturated carbocycles. The average Bonchev–Trinajstić information content (AvgIpc) is 2.73. The van der Waals surface area contributed by atoms with Gasteiger partial charge >= 0.3 is 0 Å². The van der Waals surface area contributed by atoms with E-state index < -0.39 is 6.04 Å². The van der Waals surface area contributed by atoms with Gasteiger partial charge in [0, 0.05) is 28.9 Å². The molecule has 0 saturated heterocycles. The van der Waals surface area contributed by atoms with Gasteiger partial charge < -0.3 is 15.5 Å². The summed E-state index contributed by atoms with van der Waals surface area (Å²) >= 11 is 5.03. The molecule has 0 spiro atoms. The largest absolute Gasteiger partial charge is 0.372 e. The van der Waals surface area contributed by atoms with Gasteiger partial charge in [-0.2, -0.15) is 11.8 Å². The molecular weight excluding hydrogens is 450 g/mol. The van der Waals surface area contributed by atoms with E-state index in [-0.39, 0.29) is 11.8 Å². The highest BCUT2D eigenvalue weighted by atomic mass is 79.9. The van der Waals surface area contributed by atoms with Crippen molar-refractivity contribution < 1.29 is 9.59 Å². The fourth-order valence-electron chi connectivity index (χ4n) is 2.96. The molecule has 0 aliphatic heterocycles. The molecule has 156 valence electrons. The van der Waals surface area contributed by atoms with Crippen LogP contribution in [0.1, 0.15) is 30.6 Å². The minimum atomic E-state index is -0.607. The van der Waals surface area contributed by atoms with Crippen molar-refractivity contribution in [2.24, 2.45) is 0 Å². The first kappa shape index (κ1) is 23.3. The Morgan fingerprint density at radius 1 is 1.07 bits per heavy atom. The van der Waals surface area contributed by atoms with Crippen LogP contribution in [0.15, 0.2) is 53.0 Å². The van der Waals surface area contributed by atoms with Gasteiger partial charge in [-0.3, -0.25) is 9.59 Å². The lowest BCUT2D eigenvalue weighted by atomic mass is 10.1. The zero-order valence-corrected chi connectivity index (χ0v) is 19.5. The summed E-state index contributed by atoms with van der Waals surface area (Å²) in [6.45, 7) is 6.09. The third-order valence-corrected chi connectivity index (χ3v) is 5.95. The Labute approximate surface area is 185 Å². The van der Waals surface area contributed by atoms with Gasteiger partial charge in [-0.15, -0.1) is 0 Å². The SMILES string of the molecule is CCN(CC)c1ccc(NC(=O)C(CCSC)NC(=O)c2ccccc2Br)cc1. The van der Waals surface area contributed by atoms with Crippen LogP contribution < -0.4 is 15.5 Å². The fraction of sp³-hybridized carbons (Fsp3) is 0.364. The van der Waals surface area contributed by atoms with Crippen molar-refractivity contribution in [3.8, 4) is 0 Å². The summed E-state index contributed by atoms with van der Waals surface area (Å²) in [7, 11) is 0. The highest BCUT2D eigenvalue weighted by Gasteiger charge is 2.22. The van der Waals surface area contributed by atoms with Crippen molar-refractivity contribution in [3.63, 3.8) is 0 Å². The number of halogens is 1. The first-order valence-electron chi connectivity index (χ1n) is 9.70. The summed E-state index contributed by atoms with van der Waals surface area (Å²) in [5.74, 6) is 0.292. The van der Waals surface area contributed by atoms with Crippen LogP contribution in [0.3, 0.4) is 0 Å². The van der Waals surface area contributed by atoms with Gasteiger partial charge in [0.1, 0.15) is 6.04 Å². The Bertz CT molecular complexity index is 810. The second kappa shape index (κ2) is 11.9. The molecule has 1 atom stereocenters. The monoisotopic (exact) mass is 477 g/mol. The van der Waals surface area contributed by atoms with Crippen LogP contribution in [0, 0.1) is 0 Å². The molecule has 0 radical (unpaired) electrons. The standard InChI is InChI=1S/C22H28BrN3O2S/c1-4-26(5-2)17-12-10-16(11-13-17)24-22(28)20(14-15-29-3)25-21(27)18-8-6-7-9-19(18)23/h6-13,20H,4-5,14-15H2,1-3H3,(H,24,28)(H,25,27). The lowest BCUT2D eigenvalue weighted by Gasteiger charge is -2.22. The van der Waals surface area contributed by atoms with Crippen LogP contribution >= 0.6 is 27.7 Å². The highest BCUT2D eigenvalue weighted by molar-refractivity contribution is 9.10. The summed E-state index contributed by atoms with van der Waals surface area (Å²) in [6.07, 6.45) is 2.54. The molecule has 0 heterocycles.